The van der Waals surface area contributed by atoms with Crippen LogP contribution in [-0.2, 0) is 9.59 Å². The van der Waals surface area contributed by atoms with Gasteiger partial charge in [-0.2, -0.15) is 0 Å². The summed E-state index contributed by atoms with van der Waals surface area (Å²) >= 11 is 6.04. The first-order chi connectivity index (χ1) is 12.8. The number of quaternary nitrogens is 1. The van der Waals surface area contributed by atoms with E-state index in [0.29, 0.717) is 10.7 Å². The van der Waals surface area contributed by atoms with Gasteiger partial charge in [-0.15, -0.1) is 0 Å². The lowest BCUT2D eigenvalue weighted by Crippen LogP contribution is -3.11. The number of likely N-dealkylation sites (N-methyl/N-ethyl adjacent to an activating group) is 1. The van der Waals surface area contributed by atoms with Crippen molar-refractivity contribution in [3.05, 3.63) is 64.2 Å². The number of nitrogens with one attached hydrogen (secondary N) is 3. The van der Waals surface area contributed by atoms with Gasteiger partial charge < -0.3 is 15.5 Å². The van der Waals surface area contributed by atoms with Crippen LogP contribution in [-0.4, -0.2) is 32.0 Å². The molecule has 0 bridgehead atoms. The summed E-state index contributed by atoms with van der Waals surface area (Å²) in [5, 5.41) is 6.25. The number of hydrogen-bond donors (Lipinski definition) is 3. The summed E-state index contributed by atoms with van der Waals surface area (Å²) in [6, 6.07) is 13.2. The molecule has 2 aromatic rings. The Balaban J connectivity index is 1.83. The molecule has 0 saturated carbocycles. The Morgan fingerprint density at radius 3 is 2.37 bits per heavy atom. The maximum atomic E-state index is 12.3. The number of anilines is 1. The number of carbonyl (C=O) groups excluding carboxylic acids is 2. The van der Waals surface area contributed by atoms with Crippen LogP contribution in [0.25, 0.3) is 0 Å². The number of rotatable bonds is 7. The van der Waals surface area contributed by atoms with E-state index in [4.69, 9.17) is 11.6 Å². The first kappa shape index (κ1) is 20.9. The molecule has 0 spiro atoms. The van der Waals surface area contributed by atoms with E-state index in [1.807, 2.05) is 20.0 Å². The molecule has 0 fully saturated rings. The smallest absolute Gasteiger partial charge is 0.279 e. The molecule has 144 valence electrons. The summed E-state index contributed by atoms with van der Waals surface area (Å²) in [6.07, 6.45) is 0. The quantitative estimate of drug-likeness (QED) is 0.681. The molecule has 0 saturated heterocycles. The fourth-order valence-corrected chi connectivity index (χ4v) is 2.96. The third kappa shape index (κ3) is 6.38. The summed E-state index contributed by atoms with van der Waals surface area (Å²) in [5.41, 5.74) is 4.07. The van der Waals surface area contributed by atoms with E-state index in [2.05, 4.69) is 36.6 Å². The summed E-state index contributed by atoms with van der Waals surface area (Å²) < 4.78 is 0. The van der Waals surface area contributed by atoms with E-state index < -0.39 is 0 Å². The molecular weight excluding hydrogens is 362 g/mol. The highest BCUT2D eigenvalue weighted by Crippen LogP contribution is 2.20. The number of aryl methyl sites for hydroxylation is 2. The lowest BCUT2D eigenvalue weighted by atomic mass is 10.0. The van der Waals surface area contributed by atoms with Crippen LogP contribution in [0.1, 0.15) is 29.7 Å². The second kappa shape index (κ2) is 9.53. The van der Waals surface area contributed by atoms with Crippen LogP contribution in [0.4, 0.5) is 5.69 Å². The van der Waals surface area contributed by atoms with E-state index in [1.165, 1.54) is 11.1 Å². The molecule has 2 atom stereocenters. The van der Waals surface area contributed by atoms with Crippen molar-refractivity contribution in [2.75, 3.05) is 25.5 Å². The van der Waals surface area contributed by atoms with E-state index in [0.717, 1.165) is 10.5 Å². The molecule has 0 radical (unpaired) electrons. The van der Waals surface area contributed by atoms with Crippen molar-refractivity contribution in [3.8, 4) is 0 Å². The van der Waals surface area contributed by atoms with Crippen LogP contribution in [0, 0.1) is 13.8 Å². The SMILES string of the molecule is Cc1ccc([C@@H](C)NC(=O)C[NH+](C)CC(=O)Nc2ccccc2Cl)cc1C. The van der Waals surface area contributed by atoms with Gasteiger partial charge in [0.15, 0.2) is 13.1 Å². The van der Waals surface area contributed by atoms with Gasteiger partial charge in [0.25, 0.3) is 11.8 Å². The Morgan fingerprint density at radius 2 is 1.70 bits per heavy atom. The Hall–Kier alpha value is -2.37. The standard InChI is InChI=1S/C21H26ClN3O2/c1-14-9-10-17(11-15(14)2)16(3)23-20(26)12-25(4)13-21(27)24-19-8-6-5-7-18(19)22/h5-11,16H,12-13H2,1-4H3,(H,23,26)(H,24,27)/p+1/t16-/m1/s1. The van der Waals surface area contributed by atoms with Crippen LogP contribution < -0.4 is 15.5 Å². The van der Waals surface area contributed by atoms with Gasteiger partial charge in [-0.25, -0.2) is 0 Å². The number of hydrogen-bond acceptors (Lipinski definition) is 2. The molecule has 0 aliphatic carbocycles. The molecule has 6 heteroatoms. The second-order valence-corrected chi connectivity index (χ2v) is 7.38. The maximum absolute atomic E-state index is 12.3. The average Bonchev–Trinajstić information content (AvgIpc) is 2.58. The van der Waals surface area contributed by atoms with Crippen LogP contribution in [0.2, 0.25) is 5.02 Å². The number of halogens is 1. The molecule has 2 rings (SSSR count). The zero-order valence-electron chi connectivity index (χ0n) is 16.2. The van der Waals surface area contributed by atoms with Crippen molar-refractivity contribution >= 4 is 29.1 Å². The van der Waals surface area contributed by atoms with Crippen molar-refractivity contribution in [3.63, 3.8) is 0 Å². The van der Waals surface area contributed by atoms with Gasteiger partial charge in [-0.3, -0.25) is 9.59 Å². The van der Waals surface area contributed by atoms with E-state index in [1.54, 1.807) is 24.3 Å². The highest BCUT2D eigenvalue weighted by atomic mass is 35.5. The van der Waals surface area contributed by atoms with Gasteiger partial charge in [-0.1, -0.05) is 41.9 Å². The van der Waals surface area contributed by atoms with E-state index >= 15 is 0 Å². The molecular formula is C21H27ClN3O2+. The molecule has 0 aromatic heterocycles. The van der Waals surface area contributed by atoms with Crippen LogP contribution in [0.3, 0.4) is 0 Å². The molecule has 2 aromatic carbocycles. The first-order valence-corrected chi connectivity index (χ1v) is 9.36. The predicted octanol–water partition coefficient (Wildman–Crippen LogP) is 2.29. The average molecular weight is 389 g/mol. The Morgan fingerprint density at radius 1 is 1.04 bits per heavy atom. The zero-order valence-corrected chi connectivity index (χ0v) is 17.0. The third-order valence-corrected chi connectivity index (χ3v) is 4.81. The van der Waals surface area contributed by atoms with Crippen LogP contribution >= 0.6 is 11.6 Å². The number of amides is 2. The largest absolute Gasteiger partial charge is 0.345 e. The summed E-state index contributed by atoms with van der Waals surface area (Å²) in [4.78, 5) is 25.2. The van der Waals surface area contributed by atoms with Gasteiger partial charge in [0, 0.05) is 0 Å². The molecule has 0 heterocycles. The fourth-order valence-electron chi connectivity index (χ4n) is 2.78. The topological polar surface area (TPSA) is 62.6 Å². The Labute approximate surface area is 165 Å². The van der Waals surface area contributed by atoms with Gasteiger partial charge in [0.05, 0.1) is 23.8 Å². The van der Waals surface area contributed by atoms with Crippen molar-refractivity contribution in [2.45, 2.75) is 26.8 Å². The number of para-hydroxylation sites is 1. The van der Waals surface area contributed by atoms with E-state index in [9.17, 15) is 9.59 Å². The molecule has 0 aliphatic rings. The minimum Gasteiger partial charge on any atom is -0.345 e. The fraction of sp³-hybridized carbons (Fsp3) is 0.333. The van der Waals surface area contributed by atoms with Crippen molar-refractivity contribution in [2.24, 2.45) is 0 Å². The van der Waals surface area contributed by atoms with E-state index in [-0.39, 0.29) is 30.9 Å². The molecule has 3 N–H and O–H groups in total. The second-order valence-electron chi connectivity index (χ2n) is 6.97. The van der Waals surface area contributed by atoms with Gasteiger partial charge in [0.1, 0.15) is 0 Å². The lowest BCUT2D eigenvalue weighted by Gasteiger charge is -2.18. The molecule has 1 unspecified atom stereocenters. The van der Waals surface area contributed by atoms with Crippen molar-refractivity contribution in [1.82, 2.24) is 5.32 Å². The Bertz CT molecular complexity index is 823. The predicted molar refractivity (Wildman–Crippen MR) is 109 cm³/mol. The third-order valence-electron chi connectivity index (χ3n) is 4.48. The number of benzene rings is 2. The van der Waals surface area contributed by atoms with Crippen LogP contribution in [0.5, 0.6) is 0 Å². The van der Waals surface area contributed by atoms with Gasteiger partial charge in [-0.05, 0) is 49.6 Å². The minimum atomic E-state index is -0.185. The summed E-state index contributed by atoms with van der Waals surface area (Å²) in [7, 11) is 1.81. The van der Waals surface area contributed by atoms with Gasteiger partial charge in [0.2, 0.25) is 0 Å². The Kier molecular flexibility index (Phi) is 7.39. The maximum Gasteiger partial charge on any atom is 0.279 e. The monoisotopic (exact) mass is 388 g/mol. The van der Waals surface area contributed by atoms with Crippen molar-refractivity contribution in [1.29, 1.82) is 0 Å². The molecule has 27 heavy (non-hydrogen) atoms. The first-order valence-electron chi connectivity index (χ1n) is 8.98. The highest BCUT2D eigenvalue weighted by molar-refractivity contribution is 6.33. The summed E-state index contributed by atoms with van der Waals surface area (Å²) in [5.74, 6) is -0.278. The van der Waals surface area contributed by atoms with Crippen LogP contribution in [0.15, 0.2) is 42.5 Å². The normalized spacial score (nSPS) is 12.9. The molecule has 5 nitrogen and oxygen atoms in total. The minimum absolute atomic E-state index is 0.0819. The van der Waals surface area contributed by atoms with Crippen molar-refractivity contribution < 1.29 is 14.5 Å². The lowest BCUT2D eigenvalue weighted by molar-refractivity contribution is -0.862. The molecule has 0 aliphatic heterocycles. The van der Waals surface area contributed by atoms with Gasteiger partial charge >= 0.3 is 0 Å². The zero-order chi connectivity index (χ0) is 20.0. The highest BCUT2D eigenvalue weighted by Gasteiger charge is 2.17. The molecule has 2 amide bonds. The summed E-state index contributed by atoms with van der Waals surface area (Å²) in [6.45, 7) is 6.47. The number of carbonyl (C=O) groups is 2.